The predicted molar refractivity (Wildman–Crippen MR) is 64.4 cm³/mol. The van der Waals surface area contributed by atoms with Gasteiger partial charge in [0.1, 0.15) is 11.6 Å². The van der Waals surface area contributed by atoms with Crippen LogP contribution < -0.4 is 10.5 Å². The van der Waals surface area contributed by atoms with Crippen LogP contribution in [0.1, 0.15) is 30.7 Å². The van der Waals surface area contributed by atoms with E-state index >= 15 is 0 Å². The van der Waals surface area contributed by atoms with E-state index in [-0.39, 0.29) is 0 Å². The van der Waals surface area contributed by atoms with Gasteiger partial charge in [-0.25, -0.2) is 4.99 Å². The van der Waals surface area contributed by atoms with E-state index in [0.717, 1.165) is 17.3 Å². The Balaban J connectivity index is 2.11. The minimum atomic E-state index is 0.473. The smallest absolute Gasteiger partial charge is 0.121 e. The van der Waals surface area contributed by atoms with Gasteiger partial charge in [-0.1, -0.05) is 12.5 Å². The summed E-state index contributed by atoms with van der Waals surface area (Å²) in [6.07, 6.45) is 3.68. The first-order valence-corrected chi connectivity index (χ1v) is 5.81. The zero-order valence-electron chi connectivity index (χ0n) is 9.44. The van der Waals surface area contributed by atoms with Gasteiger partial charge < -0.3 is 10.5 Å². The molecule has 0 spiro atoms. The van der Waals surface area contributed by atoms with Crippen LogP contribution >= 0.6 is 0 Å². The van der Waals surface area contributed by atoms with Crippen LogP contribution in [0.4, 0.5) is 5.69 Å². The molecule has 16 heavy (non-hydrogen) atoms. The molecule has 2 unspecified atom stereocenters. The van der Waals surface area contributed by atoms with Gasteiger partial charge >= 0.3 is 0 Å². The van der Waals surface area contributed by atoms with Crippen LogP contribution in [0.3, 0.4) is 0 Å². The SMILES string of the molecule is COc1ccc2c(c1)N=C(N)C1CCCC21. The van der Waals surface area contributed by atoms with Crippen molar-refractivity contribution in [1.29, 1.82) is 0 Å². The van der Waals surface area contributed by atoms with Gasteiger partial charge in [-0.3, -0.25) is 0 Å². The van der Waals surface area contributed by atoms with E-state index in [9.17, 15) is 0 Å². The third-order valence-electron chi connectivity index (χ3n) is 3.78. The molecule has 84 valence electrons. The third kappa shape index (κ3) is 1.31. The Morgan fingerprint density at radius 1 is 1.31 bits per heavy atom. The number of nitrogens with zero attached hydrogens (tertiary/aromatic N) is 1. The molecule has 3 heteroatoms. The first kappa shape index (κ1) is 9.70. The zero-order chi connectivity index (χ0) is 11.1. The Labute approximate surface area is 95.3 Å². The van der Waals surface area contributed by atoms with Crippen LogP contribution in [-0.4, -0.2) is 12.9 Å². The zero-order valence-corrected chi connectivity index (χ0v) is 9.44. The van der Waals surface area contributed by atoms with Crippen LogP contribution in [0.5, 0.6) is 5.75 Å². The molecule has 0 radical (unpaired) electrons. The monoisotopic (exact) mass is 216 g/mol. The second kappa shape index (κ2) is 3.51. The van der Waals surface area contributed by atoms with Crippen LogP contribution in [0.2, 0.25) is 0 Å². The van der Waals surface area contributed by atoms with Crippen molar-refractivity contribution in [3.63, 3.8) is 0 Å². The lowest BCUT2D eigenvalue weighted by Crippen LogP contribution is -2.28. The molecule has 1 aliphatic carbocycles. The maximum absolute atomic E-state index is 6.04. The van der Waals surface area contributed by atoms with Gasteiger partial charge in [0.2, 0.25) is 0 Å². The largest absolute Gasteiger partial charge is 0.497 e. The average molecular weight is 216 g/mol. The van der Waals surface area contributed by atoms with E-state index in [0.29, 0.717) is 11.8 Å². The number of rotatable bonds is 1. The molecule has 1 heterocycles. The molecule has 2 N–H and O–H groups in total. The number of methoxy groups -OCH3 is 1. The summed E-state index contributed by atoms with van der Waals surface area (Å²) in [6.45, 7) is 0. The maximum atomic E-state index is 6.04. The number of ether oxygens (including phenoxy) is 1. The maximum Gasteiger partial charge on any atom is 0.121 e. The number of aliphatic imine (C=N–C) groups is 1. The number of hydrogen-bond donors (Lipinski definition) is 1. The van der Waals surface area contributed by atoms with Crippen LogP contribution in [-0.2, 0) is 0 Å². The molecule has 3 rings (SSSR count). The van der Waals surface area contributed by atoms with Gasteiger partial charge in [-0.05, 0) is 30.4 Å². The van der Waals surface area contributed by atoms with Crippen molar-refractivity contribution in [3.05, 3.63) is 23.8 Å². The highest BCUT2D eigenvalue weighted by Crippen LogP contribution is 2.47. The van der Waals surface area contributed by atoms with Crippen LogP contribution in [0.15, 0.2) is 23.2 Å². The highest BCUT2D eigenvalue weighted by molar-refractivity contribution is 5.89. The van der Waals surface area contributed by atoms with Gasteiger partial charge in [0.25, 0.3) is 0 Å². The Kier molecular flexibility index (Phi) is 2.13. The summed E-state index contributed by atoms with van der Waals surface area (Å²) in [6, 6.07) is 6.15. The van der Waals surface area contributed by atoms with Crippen molar-refractivity contribution >= 4 is 11.5 Å². The summed E-state index contributed by atoms with van der Waals surface area (Å²) >= 11 is 0. The first-order chi connectivity index (χ1) is 7.79. The minimum Gasteiger partial charge on any atom is -0.497 e. The summed E-state index contributed by atoms with van der Waals surface area (Å²) in [5.74, 6) is 2.72. The summed E-state index contributed by atoms with van der Waals surface area (Å²) in [7, 11) is 1.68. The molecule has 0 amide bonds. The summed E-state index contributed by atoms with van der Waals surface area (Å²) in [4.78, 5) is 4.51. The van der Waals surface area contributed by atoms with Crippen molar-refractivity contribution in [2.45, 2.75) is 25.2 Å². The summed E-state index contributed by atoms with van der Waals surface area (Å²) < 4.78 is 5.22. The fraction of sp³-hybridized carbons (Fsp3) is 0.462. The minimum absolute atomic E-state index is 0.473. The van der Waals surface area contributed by atoms with Gasteiger partial charge in [-0.2, -0.15) is 0 Å². The molecule has 0 aromatic heterocycles. The summed E-state index contributed by atoms with van der Waals surface area (Å²) in [5, 5.41) is 0. The number of hydrogen-bond acceptors (Lipinski definition) is 3. The lowest BCUT2D eigenvalue weighted by Gasteiger charge is -2.26. The standard InChI is InChI=1S/C13H16N2O/c1-16-8-5-6-10-9-3-2-4-11(9)13(14)15-12(10)7-8/h5-7,9,11H,2-4H2,1H3,(H2,14,15). The molecular formula is C13H16N2O. The second-order valence-corrected chi connectivity index (χ2v) is 4.61. The average Bonchev–Trinajstić information content (AvgIpc) is 2.78. The fourth-order valence-corrected chi connectivity index (χ4v) is 2.97. The van der Waals surface area contributed by atoms with Gasteiger partial charge in [0.05, 0.1) is 12.8 Å². The number of fused-ring (bicyclic) bond motifs is 3. The Hall–Kier alpha value is -1.51. The molecule has 1 aromatic carbocycles. The number of benzene rings is 1. The molecule has 2 atom stereocenters. The van der Waals surface area contributed by atoms with E-state index < -0.39 is 0 Å². The number of amidine groups is 1. The molecule has 2 aliphatic rings. The van der Waals surface area contributed by atoms with Crippen LogP contribution in [0, 0.1) is 5.92 Å². The molecule has 1 aliphatic heterocycles. The molecule has 1 aromatic rings. The van der Waals surface area contributed by atoms with Crippen LogP contribution in [0.25, 0.3) is 0 Å². The van der Waals surface area contributed by atoms with Crippen molar-refractivity contribution < 1.29 is 4.74 Å². The third-order valence-corrected chi connectivity index (χ3v) is 3.78. The first-order valence-electron chi connectivity index (χ1n) is 5.81. The Morgan fingerprint density at radius 3 is 2.94 bits per heavy atom. The van der Waals surface area contributed by atoms with Gasteiger partial charge in [-0.15, -0.1) is 0 Å². The lowest BCUT2D eigenvalue weighted by molar-refractivity contribution is 0.414. The Bertz CT molecular complexity index is 453. The highest BCUT2D eigenvalue weighted by Gasteiger charge is 2.35. The second-order valence-electron chi connectivity index (χ2n) is 4.61. The van der Waals surface area contributed by atoms with E-state index in [1.54, 1.807) is 7.11 Å². The van der Waals surface area contributed by atoms with Crippen molar-refractivity contribution in [2.75, 3.05) is 7.11 Å². The van der Waals surface area contributed by atoms with Crippen molar-refractivity contribution in [2.24, 2.45) is 16.6 Å². The van der Waals surface area contributed by atoms with E-state index in [2.05, 4.69) is 11.1 Å². The predicted octanol–water partition coefficient (Wildman–Crippen LogP) is 2.58. The lowest BCUT2D eigenvalue weighted by atomic mass is 9.85. The van der Waals surface area contributed by atoms with Gasteiger partial charge in [0, 0.05) is 12.0 Å². The Morgan fingerprint density at radius 2 is 2.12 bits per heavy atom. The quantitative estimate of drug-likeness (QED) is 0.784. The highest BCUT2D eigenvalue weighted by atomic mass is 16.5. The van der Waals surface area contributed by atoms with E-state index in [4.69, 9.17) is 10.5 Å². The molecular weight excluding hydrogens is 200 g/mol. The van der Waals surface area contributed by atoms with Gasteiger partial charge in [0.15, 0.2) is 0 Å². The molecule has 1 saturated carbocycles. The van der Waals surface area contributed by atoms with E-state index in [1.807, 2.05) is 12.1 Å². The van der Waals surface area contributed by atoms with Crippen molar-refractivity contribution in [3.8, 4) is 5.75 Å². The van der Waals surface area contributed by atoms with E-state index in [1.165, 1.54) is 24.8 Å². The molecule has 0 bridgehead atoms. The molecule has 1 fully saturated rings. The molecule has 0 saturated heterocycles. The fourth-order valence-electron chi connectivity index (χ4n) is 2.97. The molecule has 3 nitrogen and oxygen atoms in total. The normalized spacial score (nSPS) is 26.9. The summed E-state index contributed by atoms with van der Waals surface area (Å²) in [5.41, 5.74) is 8.38. The number of nitrogens with two attached hydrogens (primary N) is 1. The van der Waals surface area contributed by atoms with Crippen molar-refractivity contribution in [1.82, 2.24) is 0 Å². The topological polar surface area (TPSA) is 47.6 Å².